The van der Waals surface area contributed by atoms with Gasteiger partial charge in [-0.15, -0.1) is 11.8 Å². The Morgan fingerprint density at radius 2 is 2.15 bits per heavy atom. The summed E-state index contributed by atoms with van der Waals surface area (Å²) >= 11 is 8.01. The molecule has 1 N–H and O–H groups in total. The summed E-state index contributed by atoms with van der Waals surface area (Å²) in [5, 5.41) is 4.16. The smallest absolute Gasteiger partial charge is 0.0542 e. The Bertz CT molecular complexity index is 531. The van der Waals surface area contributed by atoms with E-state index in [1.807, 2.05) is 30.5 Å². The molecule has 1 aromatic carbocycles. The highest BCUT2D eigenvalue weighted by molar-refractivity contribution is 7.98. The summed E-state index contributed by atoms with van der Waals surface area (Å²) in [5.41, 5.74) is 2.39. The van der Waals surface area contributed by atoms with Crippen LogP contribution in [0.5, 0.6) is 0 Å². The predicted molar refractivity (Wildman–Crippen MR) is 87.5 cm³/mol. The lowest BCUT2D eigenvalue weighted by molar-refractivity contribution is 0.716. The third kappa shape index (κ3) is 4.82. The maximum atomic E-state index is 6.27. The molecule has 0 aliphatic carbocycles. The van der Waals surface area contributed by atoms with Crippen LogP contribution in [-0.4, -0.2) is 18.1 Å². The lowest BCUT2D eigenvalue weighted by Crippen LogP contribution is -2.15. The molecule has 4 heteroatoms. The summed E-state index contributed by atoms with van der Waals surface area (Å²) in [7, 11) is 0. The Kier molecular flexibility index (Phi) is 6.37. The molecule has 0 bridgehead atoms. The van der Waals surface area contributed by atoms with E-state index in [1.165, 1.54) is 5.56 Å². The standard InChI is InChI=1S/C16H19ClN2S/c1-2-18-10-8-13-6-7-15(17)16(11-13)20-12-14-5-3-4-9-19-14/h3-7,9,11,18H,2,8,10,12H2,1H3. The Labute approximate surface area is 130 Å². The van der Waals surface area contributed by atoms with E-state index in [2.05, 4.69) is 29.4 Å². The van der Waals surface area contributed by atoms with Crippen molar-refractivity contribution < 1.29 is 0 Å². The van der Waals surface area contributed by atoms with Crippen LogP contribution < -0.4 is 5.32 Å². The number of halogens is 1. The fourth-order valence-electron chi connectivity index (χ4n) is 1.86. The Hall–Kier alpha value is -1.03. The molecule has 2 nitrogen and oxygen atoms in total. The number of benzene rings is 1. The zero-order valence-corrected chi connectivity index (χ0v) is 13.2. The second-order valence-electron chi connectivity index (χ2n) is 4.48. The van der Waals surface area contributed by atoms with E-state index in [1.54, 1.807) is 11.8 Å². The van der Waals surface area contributed by atoms with Gasteiger partial charge in [-0.1, -0.05) is 30.7 Å². The van der Waals surface area contributed by atoms with Gasteiger partial charge in [-0.05, 0) is 49.3 Å². The van der Waals surface area contributed by atoms with Gasteiger partial charge in [0, 0.05) is 16.8 Å². The number of likely N-dealkylation sites (N-methyl/N-ethyl adjacent to an activating group) is 1. The number of nitrogens with one attached hydrogen (secondary N) is 1. The van der Waals surface area contributed by atoms with Gasteiger partial charge in [0.05, 0.1) is 10.7 Å². The number of rotatable bonds is 7. The molecule has 0 spiro atoms. The lowest BCUT2D eigenvalue weighted by atomic mass is 10.1. The molecule has 106 valence electrons. The minimum absolute atomic E-state index is 0.818. The van der Waals surface area contributed by atoms with Gasteiger partial charge in [-0.25, -0.2) is 0 Å². The van der Waals surface area contributed by atoms with Crippen LogP contribution in [0.4, 0.5) is 0 Å². The van der Waals surface area contributed by atoms with Crippen molar-refractivity contribution in [3.05, 3.63) is 58.9 Å². The molecule has 0 fully saturated rings. The molecular weight excluding hydrogens is 288 g/mol. The summed E-state index contributed by atoms with van der Waals surface area (Å²) in [6.45, 7) is 4.13. The first-order valence-electron chi connectivity index (χ1n) is 6.81. The van der Waals surface area contributed by atoms with Crippen molar-refractivity contribution in [1.82, 2.24) is 10.3 Å². The van der Waals surface area contributed by atoms with Gasteiger partial charge in [0.15, 0.2) is 0 Å². The molecule has 0 amide bonds. The quantitative estimate of drug-likeness (QED) is 0.613. The molecule has 0 radical (unpaired) electrons. The topological polar surface area (TPSA) is 24.9 Å². The first kappa shape index (κ1) is 15.4. The van der Waals surface area contributed by atoms with Crippen LogP contribution in [0, 0.1) is 0 Å². The highest BCUT2D eigenvalue weighted by Crippen LogP contribution is 2.30. The number of nitrogens with zero attached hydrogens (tertiary/aromatic N) is 1. The minimum atomic E-state index is 0.818. The van der Waals surface area contributed by atoms with Gasteiger partial charge in [-0.2, -0.15) is 0 Å². The maximum Gasteiger partial charge on any atom is 0.0542 e. The summed E-state index contributed by atoms with van der Waals surface area (Å²) in [5.74, 6) is 0.844. The van der Waals surface area contributed by atoms with Gasteiger partial charge in [-0.3, -0.25) is 4.98 Å². The number of hydrogen-bond donors (Lipinski definition) is 1. The van der Waals surface area contributed by atoms with Crippen molar-refractivity contribution >= 4 is 23.4 Å². The summed E-state index contributed by atoms with van der Waals surface area (Å²) in [4.78, 5) is 5.46. The van der Waals surface area contributed by atoms with Crippen molar-refractivity contribution in [1.29, 1.82) is 0 Å². The molecule has 0 aliphatic rings. The fraction of sp³-hybridized carbons (Fsp3) is 0.312. The SMILES string of the molecule is CCNCCc1ccc(Cl)c(SCc2ccccn2)c1. The molecule has 0 atom stereocenters. The van der Waals surface area contributed by atoms with Crippen molar-refractivity contribution in [3.63, 3.8) is 0 Å². The van der Waals surface area contributed by atoms with Crippen LogP contribution in [0.25, 0.3) is 0 Å². The largest absolute Gasteiger partial charge is 0.317 e. The second kappa shape index (κ2) is 8.30. The van der Waals surface area contributed by atoms with Crippen molar-refractivity contribution in [3.8, 4) is 0 Å². The van der Waals surface area contributed by atoms with Gasteiger partial charge in [0.1, 0.15) is 0 Å². The summed E-state index contributed by atoms with van der Waals surface area (Å²) in [6, 6.07) is 12.3. The van der Waals surface area contributed by atoms with Crippen LogP contribution >= 0.6 is 23.4 Å². The first-order chi connectivity index (χ1) is 9.79. The minimum Gasteiger partial charge on any atom is -0.317 e. The summed E-state index contributed by atoms with van der Waals surface area (Å²) in [6.07, 6.45) is 2.85. The monoisotopic (exact) mass is 306 g/mol. The van der Waals surface area contributed by atoms with Gasteiger partial charge in [0.2, 0.25) is 0 Å². The maximum absolute atomic E-state index is 6.27. The van der Waals surface area contributed by atoms with E-state index < -0.39 is 0 Å². The predicted octanol–water partition coefficient (Wildman–Crippen LogP) is 4.18. The van der Waals surface area contributed by atoms with Gasteiger partial charge >= 0.3 is 0 Å². The second-order valence-corrected chi connectivity index (χ2v) is 5.90. The number of hydrogen-bond acceptors (Lipinski definition) is 3. The van der Waals surface area contributed by atoms with Crippen LogP contribution in [0.1, 0.15) is 18.2 Å². The lowest BCUT2D eigenvalue weighted by Gasteiger charge is -2.08. The van der Waals surface area contributed by atoms with Crippen molar-refractivity contribution in [2.75, 3.05) is 13.1 Å². The van der Waals surface area contributed by atoms with Crippen LogP contribution in [-0.2, 0) is 12.2 Å². The Morgan fingerprint density at radius 3 is 2.90 bits per heavy atom. The van der Waals surface area contributed by atoms with Crippen molar-refractivity contribution in [2.45, 2.75) is 24.0 Å². The Morgan fingerprint density at radius 1 is 1.25 bits per heavy atom. The molecule has 20 heavy (non-hydrogen) atoms. The molecule has 0 saturated carbocycles. The van der Waals surface area contributed by atoms with Crippen LogP contribution in [0.15, 0.2) is 47.5 Å². The molecule has 2 rings (SSSR count). The highest BCUT2D eigenvalue weighted by Gasteiger charge is 2.04. The molecule has 0 unspecified atom stereocenters. The molecule has 2 aromatic rings. The summed E-state index contributed by atoms with van der Waals surface area (Å²) < 4.78 is 0. The Balaban J connectivity index is 1.97. The highest BCUT2D eigenvalue weighted by atomic mass is 35.5. The third-order valence-electron chi connectivity index (χ3n) is 2.94. The average Bonchev–Trinajstić information content (AvgIpc) is 2.49. The molecule has 0 aliphatic heterocycles. The number of pyridine rings is 1. The molecule has 1 heterocycles. The number of thioether (sulfide) groups is 1. The van der Waals surface area contributed by atoms with E-state index in [-0.39, 0.29) is 0 Å². The zero-order valence-electron chi connectivity index (χ0n) is 11.6. The van der Waals surface area contributed by atoms with E-state index in [9.17, 15) is 0 Å². The van der Waals surface area contributed by atoms with Crippen molar-refractivity contribution in [2.24, 2.45) is 0 Å². The van der Waals surface area contributed by atoms with E-state index >= 15 is 0 Å². The van der Waals surface area contributed by atoms with E-state index in [4.69, 9.17) is 11.6 Å². The van der Waals surface area contributed by atoms with Crippen LogP contribution in [0.2, 0.25) is 5.02 Å². The van der Waals surface area contributed by atoms with Crippen LogP contribution in [0.3, 0.4) is 0 Å². The van der Waals surface area contributed by atoms with Gasteiger partial charge < -0.3 is 5.32 Å². The molecular formula is C16H19ClN2S. The average molecular weight is 307 g/mol. The molecule has 0 saturated heterocycles. The van der Waals surface area contributed by atoms with E-state index in [0.29, 0.717) is 0 Å². The normalized spacial score (nSPS) is 10.7. The van der Waals surface area contributed by atoms with E-state index in [0.717, 1.165) is 40.9 Å². The third-order valence-corrected chi connectivity index (χ3v) is 4.47. The first-order valence-corrected chi connectivity index (χ1v) is 8.18. The van der Waals surface area contributed by atoms with Gasteiger partial charge in [0.25, 0.3) is 0 Å². The number of aromatic nitrogens is 1. The molecule has 1 aromatic heterocycles. The zero-order chi connectivity index (χ0) is 14.2. The fourth-order valence-corrected chi connectivity index (χ4v) is 3.05.